The predicted octanol–water partition coefficient (Wildman–Crippen LogP) is 5.09. The molecule has 2 fully saturated rings. The summed E-state index contributed by atoms with van der Waals surface area (Å²) in [6.07, 6.45) is 16.9. The molecule has 4 rings (SSSR count). The van der Waals surface area contributed by atoms with Gasteiger partial charge in [-0.2, -0.15) is 0 Å². The Bertz CT molecular complexity index is 338. The summed E-state index contributed by atoms with van der Waals surface area (Å²) in [5, 5.41) is 0. The first-order chi connectivity index (χ1) is 8.43. The van der Waals surface area contributed by atoms with E-state index in [9.17, 15) is 0 Å². The summed E-state index contributed by atoms with van der Waals surface area (Å²) in [5.74, 6) is 4.31. The van der Waals surface area contributed by atoms with Crippen molar-refractivity contribution in [2.75, 3.05) is 0 Å². The number of allylic oxidation sites excluding steroid dienone is 2. The summed E-state index contributed by atoms with van der Waals surface area (Å²) in [7, 11) is 0. The van der Waals surface area contributed by atoms with Crippen LogP contribution in [-0.4, -0.2) is 0 Å². The van der Waals surface area contributed by atoms with Crippen molar-refractivity contribution in [2.24, 2.45) is 23.7 Å². The second kappa shape index (κ2) is 4.14. The molecule has 0 saturated heterocycles. The van der Waals surface area contributed by atoms with Gasteiger partial charge < -0.3 is 0 Å². The number of hydrogen-bond acceptors (Lipinski definition) is 0. The van der Waals surface area contributed by atoms with Crippen LogP contribution >= 0.6 is 0 Å². The van der Waals surface area contributed by atoms with E-state index in [1.807, 2.05) is 11.1 Å². The lowest BCUT2D eigenvalue weighted by molar-refractivity contribution is 0.210. The van der Waals surface area contributed by atoms with E-state index in [0.717, 1.165) is 23.7 Å². The third-order valence-electron chi connectivity index (χ3n) is 6.44. The fourth-order valence-electron chi connectivity index (χ4n) is 5.70. The molecule has 2 saturated carbocycles. The van der Waals surface area contributed by atoms with Crippen molar-refractivity contribution < 1.29 is 0 Å². The van der Waals surface area contributed by atoms with Crippen LogP contribution < -0.4 is 0 Å². The van der Waals surface area contributed by atoms with Crippen LogP contribution in [0.3, 0.4) is 0 Å². The van der Waals surface area contributed by atoms with Gasteiger partial charge in [-0.1, -0.05) is 30.4 Å². The second-order valence-electron chi connectivity index (χ2n) is 7.08. The molecular weight excluding hydrogens is 204 g/mol. The maximum absolute atomic E-state index is 2.00. The zero-order chi connectivity index (χ0) is 11.2. The Hall–Kier alpha value is -0.260. The highest BCUT2D eigenvalue weighted by Gasteiger charge is 2.41. The SMILES string of the molecule is C1CCC2C3=C(CCC2C1)C1CCCC1CC3. The first-order valence-electron chi connectivity index (χ1n) is 8.15. The molecule has 0 nitrogen and oxygen atoms in total. The van der Waals surface area contributed by atoms with Crippen molar-refractivity contribution in [3.8, 4) is 0 Å². The molecule has 0 radical (unpaired) electrons. The Morgan fingerprint density at radius 2 is 1.06 bits per heavy atom. The van der Waals surface area contributed by atoms with Crippen molar-refractivity contribution in [3.05, 3.63) is 11.1 Å². The van der Waals surface area contributed by atoms with Gasteiger partial charge in [-0.3, -0.25) is 0 Å². The Labute approximate surface area is 106 Å². The van der Waals surface area contributed by atoms with Crippen LogP contribution in [0.5, 0.6) is 0 Å². The molecule has 0 amide bonds. The molecule has 4 aliphatic carbocycles. The van der Waals surface area contributed by atoms with E-state index in [1.165, 1.54) is 32.1 Å². The van der Waals surface area contributed by atoms with Crippen LogP contribution in [0, 0.1) is 23.7 Å². The van der Waals surface area contributed by atoms with Crippen LogP contribution in [0.15, 0.2) is 11.1 Å². The average molecular weight is 230 g/mol. The number of fused-ring (bicyclic) bond motifs is 4. The number of rotatable bonds is 0. The van der Waals surface area contributed by atoms with Crippen molar-refractivity contribution >= 4 is 0 Å². The van der Waals surface area contributed by atoms with Gasteiger partial charge in [0.15, 0.2) is 0 Å². The van der Waals surface area contributed by atoms with Gasteiger partial charge in [0.2, 0.25) is 0 Å². The zero-order valence-electron chi connectivity index (χ0n) is 11.1. The highest BCUT2D eigenvalue weighted by molar-refractivity contribution is 5.28. The van der Waals surface area contributed by atoms with E-state index in [1.54, 1.807) is 38.5 Å². The Balaban J connectivity index is 1.67. The van der Waals surface area contributed by atoms with E-state index in [0.29, 0.717) is 0 Å². The lowest BCUT2D eigenvalue weighted by Gasteiger charge is -2.44. The summed E-state index contributed by atoms with van der Waals surface area (Å²) in [5.41, 5.74) is 4.01. The minimum Gasteiger partial charge on any atom is -0.0673 e. The molecule has 0 aliphatic heterocycles. The van der Waals surface area contributed by atoms with Crippen LogP contribution in [0.25, 0.3) is 0 Å². The summed E-state index contributed by atoms with van der Waals surface area (Å²) < 4.78 is 0. The van der Waals surface area contributed by atoms with Crippen molar-refractivity contribution in [3.63, 3.8) is 0 Å². The van der Waals surface area contributed by atoms with Gasteiger partial charge in [-0.25, -0.2) is 0 Å². The maximum Gasteiger partial charge on any atom is -0.0172 e. The van der Waals surface area contributed by atoms with Gasteiger partial charge in [0.25, 0.3) is 0 Å². The quantitative estimate of drug-likeness (QED) is 0.508. The van der Waals surface area contributed by atoms with Crippen molar-refractivity contribution in [1.29, 1.82) is 0 Å². The lowest BCUT2D eigenvalue weighted by Crippen LogP contribution is -2.31. The predicted molar refractivity (Wildman–Crippen MR) is 71.8 cm³/mol. The summed E-state index contributed by atoms with van der Waals surface area (Å²) in [4.78, 5) is 0. The van der Waals surface area contributed by atoms with Crippen LogP contribution in [0.4, 0.5) is 0 Å². The Morgan fingerprint density at radius 1 is 0.529 bits per heavy atom. The maximum atomic E-state index is 2.00. The largest absolute Gasteiger partial charge is 0.0673 e. The van der Waals surface area contributed by atoms with Gasteiger partial charge >= 0.3 is 0 Å². The van der Waals surface area contributed by atoms with Crippen LogP contribution in [-0.2, 0) is 0 Å². The van der Waals surface area contributed by atoms with Gasteiger partial charge in [0.1, 0.15) is 0 Å². The smallest absolute Gasteiger partial charge is 0.0172 e. The standard InChI is InChI=1S/C17H26/c1-2-6-14-12(4-1)8-10-17-15-7-3-5-13(15)9-11-16(14)17/h12-15H,1-11H2. The van der Waals surface area contributed by atoms with E-state index < -0.39 is 0 Å². The van der Waals surface area contributed by atoms with Crippen LogP contribution in [0.1, 0.15) is 70.6 Å². The zero-order valence-corrected chi connectivity index (χ0v) is 11.1. The summed E-state index contributed by atoms with van der Waals surface area (Å²) in [6, 6.07) is 0. The van der Waals surface area contributed by atoms with E-state index in [-0.39, 0.29) is 0 Å². The molecule has 0 aromatic heterocycles. The number of hydrogen-bond donors (Lipinski definition) is 0. The monoisotopic (exact) mass is 230 g/mol. The minimum atomic E-state index is 1.05. The normalized spacial score (nSPS) is 45.2. The molecule has 4 unspecified atom stereocenters. The van der Waals surface area contributed by atoms with Crippen LogP contribution in [0.2, 0.25) is 0 Å². The minimum absolute atomic E-state index is 1.05. The molecule has 0 bridgehead atoms. The molecule has 17 heavy (non-hydrogen) atoms. The second-order valence-corrected chi connectivity index (χ2v) is 7.08. The fraction of sp³-hybridized carbons (Fsp3) is 0.882. The third kappa shape index (κ3) is 1.63. The first-order valence-corrected chi connectivity index (χ1v) is 8.15. The molecule has 0 spiro atoms. The molecule has 0 heteroatoms. The fourth-order valence-corrected chi connectivity index (χ4v) is 5.70. The molecule has 0 heterocycles. The Kier molecular flexibility index (Phi) is 2.59. The van der Waals surface area contributed by atoms with Gasteiger partial charge in [0, 0.05) is 0 Å². The van der Waals surface area contributed by atoms with E-state index >= 15 is 0 Å². The average Bonchev–Trinajstić information content (AvgIpc) is 2.86. The summed E-state index contributed by atoms with van der Waals surface area (Å²) >= 11 is 0. The first kappa shape index (κ1) is 10.6. The summed E-state index contributed by atoms with van der Waals surface area (Å²) in [6.45, 7) is 0. The van der Waals surface area contributed by atoms with Gasteiger partial charge in [-0.15, -0.1) is 0 Å². The Morgan fingerprint density at radius 3 is 1.76 bits per heavy atom. The van der Waals surface area contributed by atoms with E-state index in [4.69, 9.17) is 0 Å². The van der Waals surface area contributed by atoms with Gasteiger partial charge in [0.05, 0.1) is 0 Å². The molecular formula is C17H26. The molecule has 94 valence electrons. The molecule has 4 aliphatic rings. The third-order valence-corrected chi connectivity index (χ3v) is 6.44. The molecule has 4 atom stereocenters. The highest BCUT2D eigenvalue weighted by atomic mass is 14.5. The molecule has 0 N–H and O–H groups in total. The lowest BCUT2D eigenvalue weighted by atomic mass is 9.61. The van der Waals surface area contributed by atoms with E-state index in [2.05, 4.69) is 0 Å². The molecule has 0 aromatic rings. The molecule has 0 aromatic carbocycles. The highest BCUT2D eigenvalue weighted by Crippen LogP contribution is 2.54. The topological polar surface area (TPSA) is 0 Å². The van der Waals surface area contributed by atoms with Crippen molar-refractivity contribution in [2.45, 2.75) is 70.6 Å². The van der Waals surface area contributed by atoms with Crippen molar-refractivity contribution in [1.82, 2.24) is 0 Å². The van der Waals surface area contributed by atoms with Gasteiger partial charge in [-0.05, 0) is 75.0 Å².